The van der Waals surface area contributed by atoms with Gasteiger partial charge in [-0.2, -0.15) is 0 Å². The van der Waals surface area contributed by atoms with E-state index in [9.17, 15) is 13.5 Å². The summed E-state index contributed by atoms with van der Waals surface area (Å²) in [7, 11) is -3.61. The van der Waals surface area contributed by atoms with Crippen molar-refractivity contribution in [2.75, 3.05) is 4.72 Å². The SMILES string of the molecule is Cc1ccc(CO)cc1NS(=O)(=O)c1ccc2c(c1)CCC2. The van der Waals surface area contributed by atoms with Crippen LogP contribution in [0.5, 0.6) is 0 Å². The van der Waals surface area contributed by atoms with Gasteiger partial charge in [0.15, 0.2) is 0 Å². The molecule has 0 radical (unpaired) electrons. The standard InChI is InChI=1S/C17H19NO3S/c1-12-5-6-13(11-19)9-17(12)18-22(20,21)16-8-7-14-3-2-4-15(14)10-16/h5-10,18-19H,2-4,11H2,1H3. The number of anilines is 1. The van der Waals surface area contributed by atoms with Gasteiger partial charge in [0.05, 0.1) is 17.2 Å². The summed E-state index contributed by atoms with van der Waals surface area (Å²) in [5, 5.41) is 9.20. The van der Waals surface area contributed by atoms with Crippen LogP contribution in [0.15, 0.2) is 41.3 Å². The van der Waals surface area contributed by atoms with Gasteiger partial charge in [-0.1, -0.05) is 18.2 Å². The van der Waals surface area contributed by atoms with Crippen molar-refractivity contribution in [1.29, 1.82) is 0 Å². The number of aryl methyl sites for hydroxylation is 3. The minimum Gasteiger partial charge on any atom is -0.392 e. The molecule has 5 heteroatoms. The molecule has 1 aliphatic carbocycles. The van der Waals surface area contributed by atoms with Crippen LogP contribution >= 0.6 is 0 Å². The molecule has 1 aliphatic rings. The Balaban J connectivity index is 1.94. The second-order valence-corrected chi connectivity index (χ2v) is 7.38. The third-order valence-electron chi connectivity index (χ3n) is 4.11. The first-order chi connectivity index (χ1) is 10.5. The number of hydrogen-bond acceptors (Lipinski definition) is 3. The quantitative estimate of drug-likeness (QED) is 0.911. The normalized spacial score (nSPS) is 13.9. The van der Waals surface area contributed by atoms with Crippen LogP contribution in [0.1, 0.15) is 28.7 Å². The van der Waals surface area contributed by atoms with Gasteiger partial charge in [-0.25, -0.2) is 8.42 Å². The maximum Gasteiger partial charge on any atom is 0.261 e. The first-order valence-electron chi connectivity index (χ1n) is 7.34. The molecule has 4 nitrogen and oxygen atoms in total. The van der Waals surface area contributed by atoms with E-state index in [-0.39, 0.29) is 6.61 Å². The minimum atomic E-state index is -3.61. The predicted molar refractivity (Wildman–Crippen MR) is 86.4 cm³/mol. The summed E-state index contributed by atoms with van der Waals surface area (Å²) in [5.41, 5.74) is 4.38. The Bertz CT molecular complexity index is 813. The Morgan fingerprint density at radius 3 is 2.64 bits per heavy atom. The molecule has 2 aromatic carbocycles. The van der Waals surface area contributed by atoms with Crippen molar-refractivity contribution in [3.8, 4) is 0 Å². The Kier molecular flexibility index (Phi) is 3.93. The van der Waals surface area contributed by atoms with Gasteiger partial charge in [-0.05, 0) is 66.6 Å². The first-order valence-corrected chi connectivity index (χ1v) is 8.83. The van der Waals surface area contributed by atoms with Gasteiger partial charge >= 0.3 is 0 Å². The molecule has 22 heavy (non-hydrogen) atoms. The van der Waals surface area contributed by atoms with Gasteiger partial charge in [-0.3, -0.25) is 4.72 Å². The highest BCUT2D eigenvalue weighted by Crippen LogP contribution is 2.26. The van der Waals surface area contributed by atoms with Gasteiger partial charge < -0.3 is 5.11 Å². The summed E-state index contributed by atoms with van der Waals surface area (Å²) in [6, 6.07) is 10.6. The van der Waals surface area contributed by atoms with Gasteiger partial charge in [0.1, 0.15) is 0 Å². The van der Waals surface area contributed by atoms with E-state index in [1.165, 1.54) is 5.56 Å². The fraction of sp³-hybridized carbons (Fsp3) is 0.294. The summed E-state index contributed by atoms with van der Waals surface area (Å²) < 4.78 is 27.8. The topological polar surface area (TPSA) is 66.4 Å². The molecular formula is C17H19NO3S. The van der Waals surface area contributed by atoms with Crippen LogP contribution in [0.2, 0.25) is 0 Å². The third-order valence-corrected chi connectivity index (χ3v) is 5.47. The highest BCUT2D eigenvalue weighted by atomic mass is 32.2. The zero-order valence-corrected chi connectivity index (χ0v) is 13.3. The summed E-state index contributed by atoms with van der Waals surface area (Å²) >= 11 is 0. The molecular weight excluding hydrogens is 298 g/mol. The van der Waals surface area contributed by atoms with E-state index in [1.807, 2.05) is 13.0 Å². The number of sulfonamides is 1. The molecule has 0 heterocycles. The number of aliphatic hydroxyl groups excluding tert-OH is 1. The van der Waals surface area contributed by atoms with E-state index < -0.39 is 10.0 Å². The molecule has 0 aromatic heterocycles. The summed E-state index contributed by atoms with van der Waals surface area (Å²) in [6.07, 6.45) is 3.06. The molecule has 3 rings (SSSR count). The van der Waals surface area contributed by atoms with Crippen LogP contribution in [-0.4, -0.2) is 13.5 Å². The summed E-state index contributed by atoms with van der Waals surface area (Å²) in [6.45, 7) is 1.72. The smallest absolute Gasteiger partial charge is 0.261 e. The van der Waals surface area contributed by atoms with E-state index in [4.69, 9.17) is 0 Å². The van der Waals surface area contributed by atoms with Crippen LogP contribution in [0.3, 0.4) is 0 Å². The lowest BCUT2D eigenvalue weighted by atomic mass is 10.1. The molecule has 0 bridgehead atoms. The molecule has 0 atom stereocenters. The number of benzene rings is 2. The van der Waals surface area contributed by atoms with Crippen molar-refractivity contribution in [3.05, 3.63) is 58.7 Å². The fourth-order valence-electron chi connectivity index (χ4n) is 2.80. The molecule has 0 amide bonds. The van der Waals surface area contributed by atoms with E-state index >= 15 is 0 Å². The summed E-state index contributed by atoms with van der Waals surface area (Å²) in [4.78, 5) is 0.293. The maximum atomic E-state index is 12.6. The Hall–Kier alpha value is -1.85. The van der Waals surface area contributed by atoms with Crippen molar-refractivity contribution in [1.82, 2.24) is 0 Å². The second kappa shape index (κ2) is 5.74. The highest BCUT2D eigenvalue weighted by Gasteiger charge is 2.19. The molecule has 0 unspecified atom stereocenters. The van der Waals surface area contributed by atoms with Crippen LogP contribution in [-0.2, 0) is 29.5 Å². The van der Waals surface area contributed by atoms with Crippen LogP contribution in [0.4, 0.5) is 5.69 Å². The molecule has 116 valence electrons. The molecule has 2 aromatic rings. The lowest BCUT2D eigenvalue weighted by molar-refractivity contribution is 0.282. The second-order valence-electron chi connectivity index (χ2n) is 5.70. The van der Waals surface area contributed by atoms with Gasteiger partial charge in [0.2, 0.25) is 0 Å². The third kappa shape index (κ3) is 2.87. The predicted octanol–water partition coefficient (Wildman–Crippen LogP) is 2.78. The number of rotatable bonds is 4. The number of hydrogen-bond donors (Lipinski definition) is 2. The Labute approximate surface area is 130 Å². The van der Waals surface area contributed by atoms with Crippen molar-refractivity contribution in [2.24, 2.45) is 0 Å². The molecule has 0 aliphatic heterocycles. The average molecular weight is 317 g/mol. The van der Waals surface area contributed by atoms with E-state index in [1.54, 1.807) is 30.3 Å². The van der Waals surface area contributed by atoms with Crippen LogP contribution < -0.4 is 4.72 Å². The molecule has 0 spiro atoms. The lowest BCUT2D eigenvalue weighted by Gasteiger charge is -2.12. The number of aliphatic hydroxyl groups is 1. The molecule has 0 saturated heterocycles. The number of nitrogens with one attached hydrogen (secondary N) is 1. The zero-order chi connectivity index (χ0) is 15.7. The zero-order valence-electron chi connectivity index (χ0n) is 12.5. The van der Waals surface area contributed by atoms with Crippen molar-refractivity contribution in [3.63, 3.8) is 0 Å². The van der Waals surface area contributed by atoms with Crippen molar-refractivity contribution < 1.29 is 13.5 Å². The molecule has 2 N–H and O–H groups in total. The maximum absolute atomic E-state index is 12.6. The van der Waals surface area contributed by atoms with E-state index in [0.717, 1.165) is 30.4 Å². The Morgan fingerprint density at radius 1 is 1.09 bits per heavy atom. The largest absolute Gasteiger partial charge is 0.392 e. The lowest BCUT2D eigenvalue weighted by Crippen LogP contribution is -2.14. The average Bonchev–Trinajstić information content (AvgIpc) is 2.96. The molecule has 0 saturated carbocycles. The van der Waals surface area contributed by atoms with Crippen molar-refractivity contribution in [2.45, 2.75) is 37.7 Å². The van der Waals surface area contributed by atoms with Crippen LogP contribution in [0.25, 0.3) is 0 Å². The number of fused-ring (bicyclic) bond motifs is 1. The van der Waals surface area contributed by atoms with E-state index in [0.29, 0.717) is 16.1 Å². The van der Waals surface area contributed by atoms with Gasteiger partial charge in [-0.15, -0.1) is 0 Å². The first kappa shape index (κ1) is 15.1. The summed E-state index contributed by atoms with van der Waals surface area (Å²) in [5.74, 6) is 0. The van der Waals surface area contributed by atoms with Gasteiger partial charge in [0.25, 0.3) is 10.0 Å². The Morgan fingerprint density at radius 2 is 1.86 bits per heavy atom. The van der Waals surface area contributed by atoms with E-state index in [2.05, 4.69) is 4.72 Å². The van der Waals surface area contributed by atoms with Gasteiger partial charge in [0, 0.05) is 0 Å². The molecule has 0 fully saturated rings. The highest BCUT2D eigenvalue weighted by molar-refractivity contribution is 7.92. The van der Waals surface area contributed by atoms with Crippen LogP contribution in [0, 0.1) is 6.92 Å². The van der Waals surface area contributed by atoms with Crippen molar-refractivity contribution >= 4 is 15.7 Å². The monoisotopic (exact) mass is 317 g/mol. The minimum absolute atomic E-state index is 0.117. The fourth-order valence-corrected chi connectivity index (χ4v) is 3.97.